The van der Waals surface area contributed by atoms with Crippen LogP contribution < -0.4 is 4.57 Å². The van der Waals surface area contributed by atoms with Crippen molar-refractivity contribution >= 4 is 27.6 Å². The lowest BCUT2D eigenvalue weighted by atomic mass is 9.85. The molecular weight excluding hydrogens is 416 g/mol. The van der Waals surface area contributed by atoms with Gasteiger partial charge in [0.2, 0.25) is 5.69 Å². The summed E-state index contributed by atoms with van der Waals surface area (Å²) < 4.78 is 8.84. The average Bonchev–Trinajstić information content (AvgIpc) is 3.18. The molecule has 0 bridgehead atoms. The highest BCUT2D eigenvalue weighted by molar-refractivity contribution is 6.18. The quantitative estimate of drug-likeness (QED) is 0.198. The number of aryl methyl sites for hydroxylation is 3. The van der Waals surface area contributed by atoms with Crippen LogP contribution in [0.2, 0.25) is 0 Å². The molecule has 0 aliphatic rings. The molecule has 0 saturated carbocycles. The molecule has 2 heterocycles. The SMILES string of the molecule is [C-]#[N+]c1cc(C)c(-c2ccc(C(C)(C)C)cc2)c2oc3c(-c4cccc[n+]4C)c(C)ccc3c12. The molecule has 3 nitrogen and oxygen atoms in total. The minimum atomic E-state index is 0.0911. The first-order valence-corrected chi connectivity index (χ1v) is 11.6. The van der Waals surface area contributed by atoms with Crippen molar-refractivity contribution < 1.29 is 8.98 Å². The fourth-order valence-corrected chi connectivity index (χ4v) is 4.90. The number of furan rings is 1. The van der Waals surface area contributed by atoms with Crippen LogP contribution in [0.25, 0.3) is 49.2 Å². The third kappa shape index (κ3) is 3.38. The van der Waals surface area contributed by atoms with E-state index in [4.69, 9.17) is 11.0 Å². The fraction of sp³-hybridized carbons (Fsp3) is 0.226. The Labute approximate surface area is 201 Å². The minimum Gasteiger partial charge on any atom is -0.456 e. The molecule has 5 aromatic rings. The van der Waals surface area contributed by atoms with Gasteiger partial charge in [0, 0.05) is 28.5 Å². The molecule has 0 unspecified atom stereocenters. The molecule has 0 amide bonds. The molecule has 0 aliphatic carbocycles. The predicted molar refractivity (Wildman–Crippen MR) is 140 cm³/mol. The smallest absolute Gasteiger partial charge is 0.216 e. The Morgan fingerprint density at radius 3 is 2.24 bits per heavy atom. The lowest BCUT2D eigenvalue weighted by Crippen LogP contribution is -2.30. The molecule has 3 heteroatoms. The van der Waals surface area contributed by atoms with Crippen LogP contribution >= 0.6 is 0 Å². The molecule has 34 heavy (non-hydrogen) atoms. The second-order valence-corrected chi connectivity index (χ2v) is 10.2. The number of aromatic nitrogens is 1. The third-order valence-corrected chi connectivity index (χ3v) is 6.77. The zero-order chi connectivity index (χ0) is 24.2. The maximum Gasteiger partial charge on any atom is 0.216 e. The number of benzene rings is 3. The van der Waals surface area contributed by atoms with Gasteiger partial charge in [0.05, 0.1) is 12.1 Å². The second-order valence-electron chi connectivity index (χ2n) is 10.2. The van der Waals surface area contributed by atoms with Gasteiger partial charge in [0.1, 0.15) is 18.2 Å². The molecule has 0 saturated heterocycles. The molecule has 3 aromatic carbocycles. The van der Waals surface area contributed by atoms with Crippen LogP contribution in [0.15, 0.2) is 71.3 Å². The minimum absolute atomic E-state index is 0.0911. The molecule has 2 aromatic heterocycles. The van der Waals surface area contributed by atoms with E-state index in [1.807, 2.05) is 31.4 Å². The van der Waals surface area contributed by atoms with Gasteiger partial charge in [-0.2, -0.15) is 0 Å². The van der Waals surface area contributed by atoms with Crippen LogP contribution in [-0.2, 0) is 12.5 Å². The first kappa shape index (κ1) is 21.9. The zero-order valence-electron chi connectivity index (χ0n) is 20.7. The average molecular weight is 446 g/mol. The molecule has 0 fully saturated rings. The molecule has 0 N–H and O–H groups in total. The van der Waals surface area contributed by atoms with Gasteiger partial charge < -0.3 is 4.42 Å². The van der Waals surface area contributed by atoms with Gasteiger partial charge >= 0.3 is 0 Å². The normalized spacial score (nSPS) is 11.8. The van der Waals surface area contributed by atoms with Gasteiger partial charge in [-0.15, -0.1) is 0 Å². The molecule has 0 radical (unpaired) electrons. The number of hydrogen-bond acceptors (Lipinski definition) is 1. The number of hydrogen-bond donors (Lipinski definition) is 0. The van der Waals surface area contributed by atoms with E-state index < -0.39 is 0 Å². The summed E-state index contributed by atoms with van der Waals surface area (Å²) in [4.78, 5) is 3.89. The third-order valence-electron chi connectivity index (χ3n) is 6.77. The van der Waals surface area contributed by atoms with Crippen molar-refractivity contribution in [2.45, 2.75) is 40.0 Å². The van der Waals surface area contributed by atoms with E-state index in [2.05, 4.69) is 86.5 Å². The Kier molecular flexibility index (Phi) is 5.06. The van der Waals surface area contributed by atoms with Crippen molar-refractivity contribution in [2.24, 2.45) is 7.05 Å². The summed E-state index contributed by atoms with van der Waals surface area (Å²) >= 11 is 0. The van der Waals surface area contributed by atoms with Crippen LogP contribution in [0.4, 0.5) is 5.69 Å². The lowest BCUT2D eigenvalue weighted by molar-refractivity contribution is -0.660. The largest absolute Gasteiger partial charge is 0.456 e. The molecule has 168 valence electrons. The highest BCUT2D eigenvalue weighted by Crippen LogP contribution is 2.46. The Bertz CT molecular complexity index is 1610. The summed E-state index contributed by atoms with van der Waals surface area (Å²) in [7, 11) is 2.05. The highest BCUT2D eigenvalue weighted by atomic mass is 16.3. The van der Waals surface area contributed by atoms with Crippen molar-refractivity contribution in [3.05, 3.63) is 95.0 Å². The summed E-state index contributed by atoms with van der Waals surface area (Å²) in [5, 5.41) is 1.88. The van der Waals surface area contributed by atoms with E-state index in [-0.39, 0.29) is 5.41 Å². The first-order chi connectivity index (χ1) is 16.2. The molecular formula is C31H29N2O+. The van der Waals surface area contributed by atoms with Crippen molar-refractivity contribution in [1.82, 2.24) is 0 Å². The van der Waals surface area contributed by atoms with Crippen LogP contribution in [0.5, 0.6) is 0 Å². The lowest BCUT2D eigenvalue weighted by Gasteiger charge is -2.19. The van der Waals surface area contributed by atoms with E-state index >= 15 is 0 Å². The van der Waals surface area contributed by atoms with Gasteiger partial charge in [0.25, 0.3) is 0 Å². The standard InChI is InChI=1S/C31H29N2O/c1-19-11-16-23-28-24(32-6)18-20(2)26(21-12-14-22(15-13-21)31(3,4)5)30(28)34-29(23)27(19)25-10-8-9-17-33(25)7/h8-18H,1-5,7H3/q+1. The van der Waals surface area contributed by atoms with Crippen LogP contribution in [0.3, 0.4) is 0 Å². The zero-order valence-corrected chi connectivity index (χ0v) is 20.7. The maximum atomic E-state index is 7.88. The summed E-state index contributed by atoms with van der Waals surface area (Å²) in [5.74, 6) is 0. The van der Waals surface area contributed by atoms with Gasteiger partial charge in [-0.3, -0.25) is 0 Å². The van der Waals surface area contributed by atoms with Gasteiger partial charge in [-0.25, -0.2) is 9.41 Å². The number of pyridine rings is 1. The number of fused-ring (bicyclic) bond motifs is 3. The van der Waals surface area contributed by atoms with Gasteiger partial charge in [-0.05, 0) is 47.6 Å². The van der Waals surface area contributed by atoms with Crippen molar-refractivity contribution in [3.63, 3.8) is 0 Å². The molecule has 0 spiro atoms. The van der Waals surface area contributed by atoms with Crippen LogP contribution in [0.1, 0.15) is 37.5 Å². The predicted octanol–water partition coefficient (Wildman–Crippen LogP) is 8.21. The van der Waals surface area contributed by atoms with E-state index in [9.17, 15) is 0 Å². The Hall–Kier alpha value is -3.90. The van der Waals surface area contributed by atoms with Crippen molar-refractivity contribution in [2.75, 3.05) is 0 Å². The van der Waals surface area contributed by atoms with E-state index in [0.29, 0.717) is 5.69 Å². The molecule has 0 atom stereocenters. The highest BCUT2D eigenvalue weighted by Gasteiger charge is 2.24. The van der Waals surface area contributed by atoms with E-state index in [1.165, 1.54) is 5.56 Å². The Morgan fingerprint density at radius 1 is 0.853 bits per heavy atom. The fourth-order valence-electron chi connectivity index (χ4n) is 4.90. The summed E-state index contributed by atoms with van der Waals surface area (Å²) in [5.41, 5.74) is 10.1. The Morgan fingerprint density at radius 2 is 1.59 bits per heavy atom. The summed E-state index contributed by atoms with van der Waals surface area (Å²) in [6, 6.07) is 21.2. The number of rotatable bonds is 2. The molecule has 5 rings (SSSR count). The van der Waals surface area contributed by atoms with Gasteiger partial charge in [-0.1, -0.05) is 63.2 Å². The van der Waals surface area contributed by atoms with Crippen molar-refractivity contribution in [3.8, 4) is 22.4 Å². The molecule has 0 aliphatic heterocycles. The van der Waals surface area contributed by atoms with Crippen LogP contribution in [-0.4, -0.2) is 0 Å². The topological polar surface area (TPSA) is 21.4 Å². The summed E-state index contributed by atoms with van der Waals surface area (Å²) in [6.45, 7) is 18.7. The van der Waals surface area contributed by atoms with E-state index in [0.717, 1.165) is 55.4 Å². The first-order valence-electron chi connectivity index (χ1n) is 11.6. The summed E-state index contributed by atoms with van der Waals surface area (Å²) in [6.07, 6.45) is 2.05. The van der Waals surface area contributed by atoms with Gasteiger partial charge in [0.15, 0.2) is 11.9 Å². The monoisotopic (exact) mass is 445 g/mol. The van der Waals surface area contributed by atoms with E-state index in [1.54, 1.807) is 0 Å². The maximum absolute atomic E-state index is 7.88. The second kappa shape index (κ2) is 7.85. The van der Waals surface area contributed by atoms with Crippen molar-refractivity contribution in [1.29, 1.82) is 0 Å². The van der Waals surface area contributed by atoms with Crippen LogP contribution in [0, 0.1) is 20.4 Å². The number of nitrogens with zero attached hydrogens (tertiary/aromatic N) is 2. The Balaban J connectivity index is 1.88.